The Labute approximate surface area is 153 Å². The lowest BCUT2D eigenvalue weighted by Crippen LogP contribution is -2.47. The second-order valence-corrected chi connectivity index (χ2v) is 9.33. The van der Waals surface area contributed by atoms with Crippen LogP contribution in [0, 0.1) is 0 Å². The van der Waals surface area contributed by atoms with Crippen LogP contribution in [0.2, 0.25) is 5.02 Å². The fraction of sp³-hybridized carbons (Fsp3) is 0.562. The zero-order valence-electron chi connectivity index (χ0n) is 13.3. The molecule has 0 aromatic heterocycles. The minimum Gasteiger partial charge on any atom is -0.376 e. The largest absolute Gasteiger partial charge is 0.376 e. The van der Waals surface area contributed by atoms with Gasteiger partial charge in [-0.3, -0.25) is 0 Å². The summed E-state index contributed by atoms with van der Waals surface area (Å²) in [6, 6.07) is 7.19. The highest BCUT2D eigenvalue weighted by atomic mass is 35.5. The lowest BCUT2D eigenvalue weighted by molar-refractivity contribution is 0.0851. The molecule has 3 rings (SSSR count). The van der Waals surface area contributed by atoms with Crippen molar-refractivity contribution in [3.05, 3.63) is 29.3 Å². The van der Waals surface area contributed by atoms with E-state index in [-0.39, 0.29) is 23.7 Å². The molecule has 2 saturated heterocycles. The van der Waals surface area contributed by atoms with E-state index >= 15 is 0 Å². The second-order valence-electron chi connectivity index (χ2n) is 6.28. The molecule has 2 atom stereocenters. The Morgan fingerprint density at radius 2 is 2.08 bits per heavy atom. The van der Waals surface area contributed by atoms with Gasteiger partial charge < -0.3 is 15.0 Å². The molecule has 8 heteroatoms. The minimum atomic E-state index is -2.97. The molecule has 2 aliphatic heterocycles. The molecule has 2 aliphatic rings. The van der Waals surface area contributed by atoms with Crippen LogP contribution in [0.5, 0.6) is 0 Å². The van der Waals surface area contributed by atoms with Crippen molar-refractivity contribution in [3.8, 4) is 0 Å². The average Bonchev–Trinajstić information content (AvgIpc) is 3.16. The molecule has 1 N–H and O–H groups in total. The first-order valence-corrected chi connectivity index (χ1v) is 10.7. The first-order chi connectivity index (χ1) is 11.4. The Hall–Kier alpha value is -0.890. The SMILES string of the molecule is O=S1(=O)CC[C@@H](N(C[C@H]2CCCO2)C(=S)Nc2ccc(Cl)cc2)C1. The third-order valence-corrected chi connectivity index (χ3v) is 6.77. The predicted octanol–water partition coefficient (Wildman–Crippen LogP) is 2.70. The van der Waals surface area contributed by atoms with Crippen LogP contribution in [0.1, 0.15) is 19.3 Å². The summed E-state index contributed by atoms with van der Waals surface area (Å²) < 4.78 is 29.4. The predicted molar refractivity (Wildman–Crippen MR) is 100 cm³/mol. The van der Waals surface area contributed by atoms with E-state index in [0.29, 0.717) is 23.1 Å². The molecule has 0 amide bonds. The molecular weight excluding hydrogens is 368 g/mol. The van der Waals surface area contributed by atoms with E-state index in [1.807, 2.05) is 17.0 Å². The number of sulfone groups is 1. The maximum absolute atomic E-state index is 11.9. The van der Waals surface area contributed by atoms with Crippen LogP contribution in [-0.2, 0) is 14.6 Å². The van der Waals surface area contributed by atoms with Gasteiger partial charge in [-0.15, -0.1) is 0 Å². The summed E-state index contributed by atoms with van der Waals surface area (Å²) in [6.45, 7) is 1.39. The van der Waals surface area contributed by atoms with Crippen molar-refractivity contribution in [2.45, 2.75) is 31.4 Å². The molecular formula is C16H21ClN2O3S2. The number of nitrogens with zero attached hydrogens (tertiary/aromatic N) is 1. The van der Waals surface area contributed by atoms with Crippen LogP contribution in [-0.4, -0.2) is 55.2 Å². The summed E-state index contributed by atoms with van der Waals surface area (Å²) in [6.07, 6.45) is 2.74. The molecule has 0 bridgehead atoms. The Bertz CT molecular complexity index is 688. The topological polar surface area (TPSA) is 58.6 Å². The van der Waals surface area contributed by atoms with Crippen molar-refractivity contribution in [1.82, 2.24) is 4.90 Å². The molecule has 0 aliphatic carbocycles. The highest BCUT2D eigenvalue weighted by Crippen LogP contribution is 2.23. The zero-order chi connectivity index (χ0) is 17.2. The third kappa shape index (κ3) is 4.59. The molecule has 0 saturated carbocycles. The van der Waals surface area contributed by atoms with Gasteiger partial charge in [0.05, 0.1) is 17.6 Å². The Morgan fingerprint density at radius 3 is 2.67 bits per heavy atom. The smallest absolute Gasteiger partial charge is 0.173 e. The van der Waals surface area contributed by atoms with Crippen molar-refractivity contribution in [2.75, 3.05) is 30.0 Å². The maximum atomic E-state index is 11.9. The van der Waals surface area contributed by atoms with Gasteiger partial charge in [0.2, 0.25) is 0 Å². The molecule has 5 nitrogen and oxygen atoms in total. The molecule has 24 heavy (non-hydrogen) atoms. The van der Waals surface area contributed by atoms with Crippen LogP contribution in [0.4, 0.5) is 5.69 Å². The first kappa shape index (κ1) is 17.9. The Kier molecular flexibility index (Phi) is 5.64. The number of ether oxygens (including phenoxy) is 1. The molecule has 2 fully saturated rings. The number of hydrogen-bond acceptors (Lipinski definition) is 4. The number of nitrogens with one attached hydrogen (secondary N) is 1. The summed E-state index contributed by atoms with van der Waals surface area (Å²) in [4.78, 5) is 1.99. The summed E-state index contributed by atoms with van der Waals surface area (Å²) >= 11 is 11.5. The lowest BCUT2D eigenvalue weighted by atomic mass is 10.2. The van der Waals surface area contributed by atoms with E-state index in [1.165, 1.54) is 0 Å². The highest BCUT2D eigenvalue weighted by Gasteiger charge is 2.35. The molecule has 0 spiro atoms. The monoisotopic (exact) mass is 388 g/mol. The number of benzene rings is 1. The first-order valence-electron chi connectivity index (χ1n) is 8.08. The van der Waals surface area contributed by atoms with Crippen molar-refractivity contribution in [3.63, 3.8) is 0 Å². The number of anilines is 1. The molecule has 1 aromatic rings. The normalized spacial score (nSPS) is 25.5. The molecule has 2 heterocycles. The van der Waals surface area contributed by atoms with Gasteiger partial charge in [0.25, 0.3) is 0 Å². The van der Waals surface area contributed by atoms with E-state index in [4.69, 9.17) is 28.6 Å². The van der Waals surface area contributed by atoms with Gasteiger partial charge in [-0.05, 0) is 55.7 Å². The number of hydrogen-bond donors (Lipinski definition) is 1. The van der Waals surface area contributed by atoms with Crippen LogP contribution < -0.4 is 5.32 Å². The molecule has 132 valence electrons. The average molecular weight is 389 g/mol. The summed E-state index contributed by atoms with van der Waals surface area (Å²) in [5, 5.41) is 4.39. The Morgan fingerprint density at radius 1 is 1.33 bits per heavy atom. The van der Waals surface area contributed by atoms with Crippen LogP contribution in [0.15, 0.2) is 24.3 Å². The standard InChI is InChI=1S/C16H21ClN2O3S2/c17-12-3-5-13(6-4-12)18-16(23)19(10-15-2-1-8-22-15)14-7-9-24(20,21)11-14/h3-6,14-15H,1-2,7-11H2,(H,18,23)/t14-,15-/m1/s1. The van der Waals surface area contributed by atoms with Crippen LogP contribution >= 0.6 is 23.8 Å². The van der Waals surface area contributed by atoms with E-state index < -0.39 is 9.84 Å². The summed E-state index contributed by atoms with van der Waals surface area (Å²) in [5.74, 6) is 0.380. The van der Waals surface area contributed by atoms with Crippen molar-refractivity contribution < 1.29 is 13.2 Å². The number of thiocarbonyl (C=S) groups is 1. The van der Waals surface area contributed by atoms with E-state index in [0.717, 1.165) is 25.1 Å². The fourth-order valence-electron chi connectivity index (χ4n) is 3.16. The van der Waals surface area contributed by atoms with Gasteiger partial charge in [0, 0.05) is 29.9 Å². The Balaban J connectivity index is 1.72. The number of rotatable bonds is 4. The van der Waals surface area contributed by atoms with Gasteiger partial charge in [0.15, 0.2) is 14.9 Å². The van der Waals surface area contributed by atoms with Gasteiger partial charge in [-0.1, -0.05) is 11.6 Å². The quantitative estimate of drug-likeness (QED) is 0.800. The minimum absolute atomic E-state index is 0.0912. The number of halogens is 1. The molecule has 0 unspecified atom stereocenters. The van der Waals surface area contributed by atoms with Crippen molar-refractivity contribution >= 4 is 44.5 Å². The fourth-order valence-corrected chi connectivity index (χ4v) is 5.35. The van der Waals surface area contributed by atoms with Crippen LogP contribution in [0.25, 0.3) is 0 Å². The maximum Gasteiger partial charge on any atom is 0.173 e. The zero-order valence-corrected chi connectivity index (χ0v) is 15.7. The molecule has 1 aromatic carbocycles. The highest BCUT2D eigenvalue weighted by molar-refractivity contribution is 7.91. The van der Waals surface area contributed by atoms with Crippen molar-refractivity contribution in [2.24, 2.45) is 0 Å². The van der Waals surface area contributed by atoms with E-state index in [9.17, 15) is 8.42 Å². The second kappa shape index (κ2) is 7.56. The van der Waals surface area contributed by atoms with Crippen LogP contribution in [0.3, 0.4) is 0 Å². The summed E-state index contributed by atoms with van der Waals surface area (Å²) in [7, 11) is -2.97. The van der Waals surface area contributed by atoms with E-state index in [2.05, 4.69) is 5.32 Å². The van der Waals surface area contributed by atoms with Gasteiger partial charge in [0.1, 0.15) is 0 Å². The summed E-state index contributed by atoms with van der Waals surface area (Å²) in [5.41, 5.74) is 0.836. The third-order valence-electron chi connectivity index (χ3n) is 4.43. The van der Waals surface area contributed by atoms with Gasteiger partial charge in [-0.2, -0.15) is 0 Å². The van der Waals surface area contributed by atoms with Gasteiger partial charge in [-0.25, -0.2) is 8.42 Å². The van der Waals surface area contributed by atoms with Gasteiger partial charge >= 0.3 is 0 Å². The lowest BCUT2D eigenvalue weighted by Gasteiger charge is -2.33. The molecule has 0 radical (unpaired) electrons. The van der Waals surface area contributed by atoms with Crippen molar-refractivity contribution in [1.29, 1.82) is 0 Å². The van der Waals surface area contributed by atoms with E-state index in [1.54, 1.807) is 12.1 Å².